The SMILES string of the molecule is C=C/C=C(\N=CC)c1ccc2ncccc2n1.CC. The Morgan fingerprint density at radius 1 is 1.21 bits per heavy atom. The molecule has 0 saturated heterocycles. The van der Waals surface area contributed by atoms with Gasteiger partial charge < -0.3 is 0 Å². The van der Waals surface area contributed by atoms with E-state index in [0.717, 1.165) is 22.4 Å². The van der Waals surface area contributed by atoms with Gasteiger partial charge in [0.25, 0.3) is 0 Å². The third kappa shape index (κ3) is 3.85. The Morgan fingerprint density at radius 2 is 2.00 bits per heavy atom. The molecular weight excluding hydrogens is 234 g/mol. The van der Waals surface area contributed by atoms with Gasteiger partial charge in [0.05, 0.1) is 22.4 Å². The molecule has 2 aromatic heterocycles. The van der Waals surface area contributed by atoms with Crippen molar-refractivity contribution in [1.29, 1.82) is 0 Å². The van der Waals surface area contributed by atoms with Crippen LogP contribution in [-0.4, -0.2) is 16.2 Å². The van der Waals surface area contributed by atoms with E-state index in [2.05, 4.69) is 21.5 Å². The number of rotatable bonds is 3. The quantitative estimate of drug-likeness (QED) is 0.605. The molecule has 19 heavy (non-hydrogen) atoms. The maximum atomic E-state index is 4.52. The topological polar surface area (TPSA) is 38.1 Å². The standard InChI is InChI=1S/C14H13N3.C2H6/c1-3-6-11(15-4-2)14-9-8-12-13(17-14)7-5-10-16-12;1-2/h3-10H,1H2,2H3;1-2H3/b11-6-,15-4?;. The molecule has 0 N–H and O–H groups in total. The van der Waals surface area contributed by atoms with Crippen LogP contribution in [0, 0.1) is 0 Å². The fraction of sp³-hybridized carbons (Fsp3) is 0.188. The molecule has 0 saturated carbocycles. The van der Waals surface area contributed by atoms with Crippen LogP contribution in [0.1, 0.15) is 26.5 Å². The molecule has 0 radical (unpaired) electrons. The Kier molecular flexibility index (Phi) is 6.16. The summed E-state index contributed by atoms with van der Waals surface area (Å²) in [6.45, 7) is 9.55. The zero-order valence-corrected chi connectivity index (χ0v) is 11.7. The fourth-order valence-corrected chi connectivity index (χ4v) is 1.54. The van der Waals surface area contributed by atoms with Crippen LogP contribution in [-0.2, 0) is 0 Å². The van der Waals surface area contributed by atoms with E-state index < -0.39 is 0 Å². The van der Waals surface area contributed by atoms with E-state index >= 15 is 0 Å². The van der Waals surface area contributed by atoms with Gasteiger partial charge in [-0.15, -0.1) is 0 Å². The third-order valence-electron chi connectivity index (χ3n) is 2.26. The Bertz CT molecular complexity index is 598. The van der Waals surface area contributed by atoms with Gasteiger partial charge in [0.2, 0.25) is 0 Å². The number of allylic oxidation sites excluding steroid dienone is 2. The first kappa shape index (κ1) is 14.8. The second kappa shape index (κ2) is 7.93. The van der Waals surface area contributed by atoms with E-state index in [1.54, 1.807) is 18.5 Å². The molecule has 2 rings (SSSR count). The highest BCUT2D eigenvalue weighted by atomic mass is 14.8. The largest absolute Gasteiger partial charge is 0.259 e. The van der Waals surface area contributed by atoms with E-state index in [9.17, 15) is 0 Å². The van der Waals surface area contributed by atoms with Crippen molar-refractivity contribution in [3.8, 4) is 0 Å². The smallest absolute Gasteiger partial charge is 0.0894 e. The van der Waals surface area contributed by atoms with Gasteiger partial charge in [0, 0.05) is 12.4 Å². The van der Waals surface area contributed by atoms with Gasteiger partial charge in [-0.2, -0.15) is 0 Å². The van der Waals surface area contributed by atoms with Crippen LogP contribution in [0.4, 0.5) is 0 Å². The lowest BCUT2D eigenvalue weighted by Crippen LogP contribution is -1.89. The first-order valence-corrected chi connectivity index (χ1v) is 6.38. The lowest BCUT2D eigenvalue weighted by molar-refractivity contribution is 1.28. The molecule has 2 aromatic rings. The van der Waals surface area contributed by atoms with E-state index in [0.29, 0.717) is 0 Å². The average Bonchev–Trinajstić information content (AvgIpc) is 2.48. The first-order chi connectivity index (χ1) is 9.35. The number of hydrogen-bond donors (Lipinski definition) is 0. The summed E-state index contributed by atoms with van der Waals surface area (Å²) in [5, 5.41) is 0. The molecule has 0 unspecified atom stereocenters. The summed E-state index contributed by atoms with van der Waals surface area (Å²) in [5.74, 6) is 0. The molecule has 0 aliphatic rings. The zero-order chi connectivity index (χ0) is 14.1. The van der Waals surface area contributed by atoms with Gasteiger partial charge in [-0.3, -0.25) is 9.98 Å². The molecule has 0 fully saturated rings. The van der Waals surface area contributed by atoms with Crippen molar-refractivity contribution in [3.05, 3.63) is 54.9 Å². The summed E-state index contributed by atoms with van der Waals surface area (Å²) < 4.78 is 0. The maximum Gasteiger partial charge on any atom is 0.0894 e. The van der Waals surface area contributed by atoms with Crippen LogP contribution < -0.4 is 0 Å². The average molecular weight is 253 g/mol. The number of aromatic nitrogens is 2. The van der Waals surface area contributed by atoms with Crippen LogP contribution in [0.25, 0.3) is 16.7 Å². The van der Waals surface area contributed by atoms with Gasteiger partial charge in [-0.25, -0.2) is 4.98 Å². The molecular formula is C16H19N3. The highest BCUT2D eigenvalue weighted by molar-refractivity contribution is 5.79. The number of pyridine rings is 2. The Balaban J connectivity index is 0.000000861. The second-order valence-corrected chi connectivity index (χ2v) is 3.41. The molecule has 0 aliphatic carbocycles. The highest BCUT2D eigenvalue weighted by Crippen LogP contribution is 2.17. The molecule has 0 spiro atoms. The molecule has 0 atom stereocenters. The van der Waals surface area contributed by atoms with Gasteiger partial charge >= 0.3 is 0 Å². The number of hydrogen-bond acceptors (Lipinski definition) is 3. The van der Waals surface area contributed by atoms with E-state index in [1.807, 2.05) is 51.1 Å². The molecule has 0 aromatic carbocycles. The van der Waals surface area contributed by atoms with Crippen molar-refractivity contribution in [2.75, 3.05) is 0 Å². The summed E-state index contributed by atoms with van der Waals surface area (Å²) in [6, 6.07) is 7.67. The van der Waals surface area contributed by atoms with Crippen molar-refractivity contribution in [2.24, 2.45) is 4.99 Å². The first-order valence-electron chi connectivity index (χ1n) is 6.38. The Labute approximate surface area is 114 Å². The van der Waals surface area contributed by atoms with Gasteiger partial charge in [0.1, 0.15) is 0 Å². The summed E-state index contributed by atoms with van der Waals surface area (Å²) in [7, 11) is 0. The highest BCUT2D eigenvalue weighted by Gasteiger charge is 2.02. The van der Waals surface area contributed by atoms with Crippen molar-refractivity contribution in [1.82, 2.24) is 9.97 Å². The number of nitrogens with zero attached hydrogens (tertiary/aromatic N) is 3. The third-order valence-corrected chi connectivity index (χ3v) is 2.26. The summed E-state index contributed by atoms with van der Waals surface area (Å²) >= 11 is 0. The zero-order valence-electron chi connectivity index (χ0n) is 11.7. The molecule has 0 bridgehead atoms. The lowest BCUT2D eigenvalue weighted by Gasteiger charge is -2.02. The molecule has 3 nitrogen and oxygen atoms in total. The summed E-state index contributed by atoms with van der Waals surface area (Å²) in [5.41, 5.74) is 3.37. The molecule has 3 heteroatoms. The van der Waals surface area contributed by atoms with Crippen LogP contribution in [0.2, 0.25) is 0 Å². The van der Waals surface area contributed by atoms with E-state index in [4.69, 9.17) is 0 Å². The van der Waals surface area contributed by atoms with Crippen molar-refractivity contribution in [2.45, 2.75) is 20.8 Å². The van der Waals surface area contributed by atoms with E-state index in [1.165, 1.54) is 0 Å². The predicted octanol–water partition coefficient (Wildman–Crippen LogP) is 4.27. The van der Waals surface area contributed by atoms with Gasteiger partial charge in [-0.1, -0.05) is 26.5 Å². The number of aliphatic imine (C=N–C) groups is 1. The minimum absolute atomic E-state index is 0.799. The lowest BCUT2D eigenvalue weighted by atomic mass is 10.2. The van der Waals surface area contributed by atoms with Crippen molar-refractivity contribution >= 4 is 22.9 Å². The monoisotopic (exact) mass is 253 g/mol. The van der Waals surface area contributed by atoms with Crippen LogP contribution >= 0.6 is 0 Å². The van der Waals surface area contributed by atoms with Gasteiger partial charge in [0.15, 0.2) is 0 Å². The Hall–Kier alpha value is -2.29. The van der Waals surface area contributed by atoms with Crippen LogP contribution in [0.15, 0.2) is 54.2 Å². The Morgan fingerprint density at radius 3 is 2.68 bits per heavy atom. The van der Waals surface area contributed by atoms with Crippen molar-refractivity contribution in [3.63, 3.8) is 0 Å². The molecule has 2 heterocycles. The maximum absolute atomic E-state index is 4.52. The summed E-state index contributed by atoms with van der Waals surface area (Å²) in [4.78, 5) is 13.0. The predicted molar refractivity (Wildman–Crippen MR) is 83.2 cm³/mol. The van der Waals surface area contributed by atoms with Crippen molar-refractivity contribution < 1.29 is 0 Å². The molecule has 98 valence electrons. The minimum Gasteiger partial charge on any atom is -0.259 e. The molecule has 0 aliphatic heterocycles. The molecule has 0 amide bonds. The second-order valence-electron chi connectivity index (χ2n) is 3.41. The van der Waals surface area contributed by atoms with E-state index in [-0.39, 0.29) is 0 Å². The van der Waals surface area contributed by atoms with Gasteiger partial charge in [-0.05, 0) is 37.3 Å². The van der Waals surface area contributed by atoms with Crippen LogP contribution in [0.5, 0.6) is 0 Å². The normalized spacial score (nSPS) is 11.2. The van der Waals surface area contributed by atoms with Crippen LogP contribution in [0.3, 0.4) is 0 Å². The fourth-order valence-electron chi connectivity index (χ4n) is 1.54. The summed E-state index contributed by atoms with van der Waals surface area (Å²) in [6.07, 6.45) is 7.04. The number of fused-ring (bicyclic) bond motifs is 1. The minimum atomic E-state index is 0.799.